The molecule has 0 saturated carbocycles. The molecule has 0 radical (unpaired) electrons. The molecule has 0 aliphatic heterocycles. The summed E-state index contributed by atoms with van der Waals surface area (Å²) in [5.41, 5.74) is 2.02. The number of hydrogen-bond donors (Lipinski definition) is 2. The van der Waals surface area contributed by atoms with Crippen LogP contribution in [0.5, 0.6) is 17.2 Å². The molecule has 8 nitrogen and oxygen atoms in total. The lowest BCUT2D eigenvalue weighted by molar-refractivity contribution is 0.0854. The number of rotatable bonds is 10. The Morgan fingerprint density at radius 2 is 1.63 bits per heavy atom. The van der Waals surface area contributed by atoms with Gasteiger partial charge in [0.05, 0.1) is 26.5 Å². The van der Waals surface area contributed by atoms with E-state index < -0.39 is 5.91 Å². The first-order chi connectivity index (χ1) is 16.9. The van der Waals surface area contributed by atoms with Gasteiger partial charge in [0.2, 0.25) is 0 Å². The molecule has 3 rings (SSSR count). The fraction of sp³-hybridized carbons (Fsp3) is 0.231. The fourth-order valence-electron chi connectivity index (χ4n) is 3.23. The second kappa shape index (κ2) is 12.1. The summed E-state index contributed by atoms with van der Waals surface area (Å²) in [7, 11) is 3.00. The largest absolute Gasteiger partial charge is 0.494 e. The Morgan fingerprint density at radius 3 is 2.29 bits per heavy atom. The highest BCUT2D eigenvalue weighted by Gasteiger charge is 2.18. The molecule has 3 aromatic carbocycles. The molecule has 0 heterocycles. The second-order valence-corrected chi connectivity index (χ2v) is 7.93. The van der Waals surface area contributed by atoms with E-state index in [1.165, 1.54) is 20.3 Å². The topological polar surface area (TPSA) is 97.3 Å². The molecule has 2 amide bonds. The monoisotopic (exact) mass is 498 g/mol. The maximum atomic E-state index is 12.8. The van der Waals surface area contributed by atoms with Gasteiger partial charge in [-0.1, -0.05) is 6.07 Å². The lowest BCUT2D eigenvalue weighted by atomic mass is 10.1. The summed E-state index contributed by atoms with van der Waals surface area (Å²) in [5, 5.41) is 13.9. The van der Waals surface area contributed by atoms with Gasteiger partial charge in [-0.2, -0.15) is 5.06 Å². The van der Waals surface area contributed by atoms with Gasteiger partial charge >= 0.3 is 0 Å². The van der Waals surface area contributed by atoms with Gasteiger partial charge in [0.1, 0.15) is 5.75 Å². The van der Waals surface area contributed by atoms with E-state index in [0.29, 0.717) is 52.5 Å². The van der Waals surface area contributed by atoms with Crippen molar-refractivity contribution < 1.29 is 29.0 Å². The molecule has 0 saturated heterocycles. The number of nitrogens with zero attached hydrogens (tertiary/aromatic N) is 1. The number of halogens is 1. The highest BCUT2D eigenvalue weighted by Crippen LogP contribution is 2.29. The van der Waals surface area contributed by atoms with Crippen molar-refractivity contribution >= 4 is 34.8 Å². The lowest BCUT2D eigenvalue weighted by Crippen LogP contribution is -2.27. The SMILES string of the molecule is COc1ccc(C(=O)Nc2cc(N(O)C(=O)c3ccc(OCCCCl)cc3)ccc2C)cc1OC. The average molecular weight is 499 g/mol. The molecule has 0 spiro atoms. The first kappa shape index (κ1) is 25.9. The molecule has 3 aromatic rings. The summed E-state index contributed by atoms with van der Waals surface area (Å²) in [6, 6.07) is 16.1. The smallest absolute Gasteiger partial charge is 0.281 e. The Labute approximate surface area is 208 Å². The van der Waals surface area contributed by atoms with Crippen LogP contribution in [0.15, 0.2) is 60.7 Å². The van der Waals surface area contributed by atoms with Gasteiger partial charge in [-0.15, -0.1) is 11.6 Å². The maximum Gasteiger partial charge on any atom is 0.281 e. The molecule has 9 heteroatoms. The van der Waals surface area contributed by atoms with Gasteiger partial charge in [-0.25, -0.2) is 0 Å². The zero-order valence-corrected chi connectivity index (χ0v) is 20.5. The first-order valence-electron chi connectivity index (χ1n) is 10.8. The van der Waals surface area contributed by atoms with Crippen LogP contribution in [-0.2, 0) is 0 Å². The van der Waals surface area contributed by atoms with E-state index in [2.05, 4.69) is 5.32 Å². The Morgan fingerprint density at radius 1 is 0.943 bits per heavy atom. The third kappa shape index (κ3) is 6.44. The number of benzene rings is 3. The number of aryl methyl sites for hydroxylation is 1. The van der Waals surface area contributed by atoms with Crippen LogP contribution in [0.3, 0.4) is 0 Å². The third-order valence-electron chi connectivity index (χ3n) is 5.20. The molecule has 0 fully saturated rings. The van der Waals surface area contributed by atoms with Crippen molar-refractivity contribution in [2.24, 2.45) is 0 Å². The standard InChI is InChI=1S/C26H27ClN2O6/c1-17-5-9-20(29(32)26(31)18-6-10-21(11-7-18)35-14-4-13-27)16-22(17)28-25(30)19-8-12-23(33-2)24(15-19)34-3/h5-12,15-16,32H,4,13-14H2,1-3H3,(H,28,30). The van der Waals surface area contributed by atoms with Crippen molar-refractivity contribution in [2.45, 2.75) is 13.3 Å². The first-order valence-corrected chi connectivity index (χ1v) is 11.4. The Kier molecular flexibility index (Phi) is 8.94. The minimum absolute atomic E-state index is 0.200. The minimum Gasteiger partial charge on any atom is -0.494 e. The third-order valence-corrected chi connectivity index (χ3v) is 5.47. The predicted octanol–water partition coefficient (Wildman–Crippen LogP) is 5.31. The van der Waals surface area contributed by atoms with E-state index in [1.807, 2.05) is 0 Å². The van der Waals surface area contributed by atoms with E-state index in [0.717, 1.165) is 5.56 Å². The van der Waals surface area contributed by atoms with Gasteiger partial charge in [0.15, 0.2) is 11.5 Å². The number of amides is 2. The van der Waals surface area contributed by atoms with E-state index >= 15 is 0 Å². The van der Waals surface area contributed by atoms with Crippen molar-refractivity contribution in [1.82, 2.24) is 0 Å². The molecule has 0 atom stereocenters. The lowest BCUT2D eigenvalue weighted by Gasteiger charge is -2.18. The van der Waals surface area contributed by atoms with E-state index in [1.54, 1.807) is 61.5 Å². The highest BCUT2D eigenvalue weighted by atomic mass is 35.5. The Bertz CT molecular complexity index is 1180. The van der Waals surface area contributed by atoms with Crippen LogP contribution in [0.2, 0.25) is 0 Å². The second-order valence-electron chi connectivity index (χ2n) is 7.56. The van der Waals surface area contributed by atoms with Crippen molar-refractivity contribution in [2.75, 3.05) is 37.1 Å². The van der Waals surface area contributed by atoms with E-state index in [4.69, 9.17) is 25.8 Å². The van der Waals surface area contributed by atoms with Crippen LogP contribution in [0.25, 0.3) is 0 Å². The minimum atomic E-state index is -0.627. The molecule has 0 unspecified atom stereocenters. The van der Waals surface area contributed by atoms with Crippen LogP contribution in [0, 0.1) is 6.92 Å². The quantitative estimate of drug-likeness (QED) is 0.170. The number of hydroxylamine groups is 1. The van der Waals surface area contributed by atoms with Gasteiger partial charge in [0, 0.05) is 22.7 Å². The van der Waals surface area contributed by atoms with Gasteiger partial charge in [-0.05, 0) is 73.5 Å². The van der Waals surface area contributed by atoms with Crippen LogP contribution >= 0.6 is 11.6 Å². The number of ether oxygens (including phenoxy) is 3. The Balaban J connectivity index is 1.74. The van der Waals surface area contributed by atoms with Crippen molar-refractivity contribution in [3.05, 3.63) is 77.4 Å². The maximum absolute atomic E-state index is 12.8. The van der Waals surface area contributed by atoms with E-state index in [-0.39, 0.29) is 17.2 Å². The molecule has 184 valence electrons. The number of anilines is 2. The van der Waals surface area contributed by atoms with Crippen molar-refractivity contribution in [3.63, 3.8) is 0 Å². The number of hydrogen-bond acceptors (Lipinski definition) is 6. The number of methoxy groups -OCH3 is 2. The summed E-state index contributed by atoms with van der Waals surface area (Å²) >= 11 is 5.64. The van der Waals surface area contributed by atoms with Gasteiger partial charge in [-0.3, -0.25) is 14.8 Å². The molecule has 0 aromatic heterocycles. The summed E-state index contributed by atoms with van der Waals surface area (Å²) in [5.74, 6) is 1.03. The number of nitrogens with one attached hydrogen (secondary N) is 1. The molecular formula is C26H27ClN2O6. The predicted molar refractivity (Wildman–Crippen MR) is 135 cm³/mol. The van der Waals surface area contributed by atoms with Gasteiger partial charge in [0.25, 0.3) is 11.8 Å². The molecule has 0 bridgehead atoms. The van der Waals surface area contributed by atoms with Crippen LogP contribution in [-0.4, -0.2) is 43.7 Å². The number of carbonyl (C=O) groups is 2. The highest BCUT2D eigenvalue weighted by molar-refractivity contribution is 6.17. The zero-order chi connectivity index (χ0) is 25.4. The molecular weight excluding hydrogens is 472 g/mol. The summed E-state index contributed by atoms with van der Waals surface area (Å²) in [6.07, 6.45) is 0.713. The van der Waals surface area contributed by atoms with Gasteiger partial charge < -0.3 is 19.5 Å². The van der Waals surface area contributed by atoms with Crippen LogP contribution < -0.4 is 24.6 Å². The normalized spacial score (nSPS) is 10.4. The molecule has 2 N–H and O–H groups in total. The Hall–Kier alpha value is -3.75. The summed E-state index contributed by atoms with van der Waals surface area (Å²) < 4.78 is 16.0. The number of carbonyl (C=O) groups excluding carboxylic acids is 2. The van der Waals surface area contributed by atoms with Crippen LogP contribution in [0.4, 0.5) is 11.4 Å². The number of alkyl halides is 1. The summed E-state index contributed by atoms with van der Waals surface area (Å²) in [4.78, 5) is 25.6. The zero-order valence-electron chi connectivity index (χ0n) is 19.7. The molecule has 35 heavy (non-hydrogen) atoms. The van der Waals surface area contributed by atoms with Crippen molar-refractivity contribution in [3.8, 4) is 17.2 Å². The fourth-order valence-corrected chi connectivity index (χ4v) is 3.34. The molecule has 0 aliphatic carbocycles. The average Bonchev–Trinajstić information content (AvgIpc) is 2.89. The summed E-state index contributed by atoms with van der Waals surface area (Å²) in [6.45, 7) is 2.28. The van der Waals surface area contributed by atoms with E-state index in [9.17, 15) is 14.8 Å². The van der Waals surface area contributed by atoms with Crippen molar-refractivity contribution in [1.29, 1.82) is 0 Å². The molecule has 0 aliphatic rings. The van der Waals surface area contributed by atoms with Crippen LogP contribution in [0.1, 0.15) is 32.7 Å².